The molecule has 1 atom stereocenters. The summed E-state index contributed by atoms with van der Waals surface area (Å²) in [6.45, 7) is 2.85. The molecule has 0 heterocycles. The summed E-state index contributed by atoms with van der Waals surface area (Å²) in [5.74, 6) is -1.20. The molecule has 0 bridgehead atoms. The summed E-state index contributed by atoms with van der Waals surface area (Å²) >= 11 is 0. The summed E-state index contributed by atoms with van der Waals surface area (Å²) in [4.78, 5) is 24.4. The largest absolute Gasteiger partial charge is 0.487 e. The number of carbonyl (C=O) groups is 2. The summed E-state index contributed by atoms with van der Waals surface area (Å²) in [6, 6.07) is 3.75. The Kier molecular flexibility index (Phi) is 11.7. The molecule has 1 aliphatic carbocycles. The van der Waals surface area contributed by atoms with Gasteiger partial charge in [-0.3, -0.25) is 9.69 Å². The first-order valence-electron chi connectivity index (χ1n) is 11.7. The van der Waals surface area contributed by atoms with E-state index in [0.29, 0.717) is 5.56 Å². The first-order chi connectivity index (χ1) is 16.6. The zero-order chi connectivity index (χ0) is 25.8. The quantitative estimate of drug-likeness (QED) is 0.227. The molecule has 1 aliphatic rings. The van der Waals surface area contributed by atoms with Crippen molar-refractivity contribution in [2.45, 2.75) is 58.1 Å². The number of ether oxygens (including phenoxy) is 4. The van der Waals surface area contributed by atoms with Gasteiger partial charge >= 0.3 is 12.1 Å². The average Bonchev–Trinajstić information content (AvgIpc) is 3.32. The van der Waals surface area contributed by atoms with Gasteiger partial charge in [-0.05, 0) is 63.6 Å². The molecule has 35 heavy (non-hydrogen) atoms. The summed E-state index contributed by atoms with van der Waals surface area (Å²) in [5, 5.41) is 0. The molecule has 0 radical (unpaired) electrons. The van der Waals surface area contributed by atoms with Crippen molar-refractivity contribution in [3.63, 3.8) is 0 Å². The molecule has 0 saturated heterocycles. The second kappa shape index (κ2) is 14.2. The van der Waals surface area contributed by atoms with Crippen molar-refractivity contribution in [2.24, 2.45) is 0 Å². The Balaban J connectivity index is 1.82. The number of nitrogens with zero attached hydrogens (tertiary/aromatic N) is 1. The molecule has 1 aromatic rings. The van der Waals surface area contributed by atoms with E-state index >= 15 is 0 Å². The Morgan fingerprint density at radius 2 is 1.97 bits per heavy atom. The molecule has 1 aromatic carbocycles. The van der Waals surface area contributed by atoms with Crippen LogP contribution in [0.15, 0.2) is 18.2 Å². The smallest absolute Gasteiger partial charge is 0.412 e. The number of carbonyl (C=O) groups excluding carboxylic acids is 2. The van der Waals surface area contributed by atoms with Gasteiger partial charge in [0.05, 0.1) is 25.6 Å². The van der Waals surface area contributed by atoms with Gasteiger partial charge in [-0.25, -0.2) is 22.3 Å². The maximum absolute atomic E-state index is 14.2. The molecule has 0 aromatic heterocycles. The van der Waals surface area contributed by atoms with Crippen LogP contribution in [0.4, 0.5) is 9.18 Å². The maximum Gasteiger partial charge on any atom is 0.412 e. The molecule has 1 N–H and O–H groups in total. The second-order valence-electron chi connectivity index (χ2n) is 8.24. The second-order valence-corrected chi connectivity index (χ2v) is 10.1. The number of sulfonamides is 1. The van der Waals surface area contributed by atoms with Gasteiger partial charge in [-0.2, -0.15) is 0 Å². The lowest BCUT2D eigenvalue weighted by atomic mass is 10.1. The molecule has 2 rings (SSSR count). The van der Waals surface area contributed by atoms with Crippen molar-refractivity contribution in [1.82, 2.24) is 9.62 Å². The number of amides is 1. The van der Waals surface area contributed by atoms with E-state index in [2.05, 4.69) is 9.46 Å². The SMILES string of the molecule is CCOC(=O)N(COCCCS(=O)(=O)N[C@H](C)c1ccc(F)c(OC2CCCC2)c1)CC(=O)OC. The van der Waals surface area contributed by atoms with Crippen LogP contribution in [0.1, 0.15) is 57.6 Å². The van der Waals surface area contributed by atoms with Crippen LogP contribution in [0, 0.1) is 5.82 Å². The predicted molar refractivity (Wildman–Crippen MR) is 126 cm³/mol. The topological polar surface area (TPSA) is 120 Å². The van der Waals surface area contributed by atoms with Crippen molar-refractivity contribution >= 4 is 22.1 Å². The molecule has 12 heteroatoms. The van der Waals surface area contributed by atoms with E-state index in [4.69, 9.17) is 14.2 Å². The highest BCUT2D eigenvalue weighted by molar-refractivity contribution is 7.89. The van der Waals surface area contributed by atoms with E-state index in [1.807, 2.05) is 0 Å². The van der Waals surface area contributed by atoms with Crippen LogP contribution < -0.4 is 9.46 Å². The lowest BCUT2D eigenvalue weighted by Crippen LogP contribution is -2.38. The number of benzene rings is 1. The molecule has 198 valence electrons. The fourth-order valence-electron chi connectivity index (χ4n) is 3.59. The van der Waals surface area contributed by atoms with Gasteiger partial charge in [-0.1, -0.05) is 6.07 Å². The summed E-state index contributed by atoms with van der Waals surface area (Å²) in [5.41, 5.74) is 0.590. The standard InChI is InChI=1S/C23H35FN2O8S/c1-4-33-23(28)26(15-22(27)31-3)16-32-12-7-13-35(29,30)25-17(2)18-10-11-20(24)21(14-18)34-19-8-5-6-9-19/h10-11,14,17,19,25H,4-9,12-13,15-16H2,1-3H3/t17-/m1/s1. The maximum atomic E-state index is 14.2. The van der Waals surface area contributed by atoms with Crippen molar-refractivity contribution in [3.05, 3.63) is 29.6 Å². The van der Waals surface area contributed by atoms with E-state index in [9.17, 15) is 22.4 Å². The van der Waals surface area contributed by atoms with Crippen molar-refractivity contribution < 1.29 is 41.3 Å². The number of hydrogen-bond acceptors (Lipinski definition) is 8. The Bertz CT molecular complexity index is 937. The van der Waals surface area contributed by atoms with Crippen LogP contribution in [0.25, 0.3) is 0 Å². The van der Waals surface area contributed by atoms with Crippen LogP contribution in [0.2, 0.25) is 0 Å². The van der Waals surface area contributed by atoms with E-state index in [1.165, 1.54) is 25.3 Å². The minimum absolute atomic E-state index is 0.0147. The third-order valence-corrected chi connectivity index (χ3v) is 6.97. The normalized spacial score (nSPS) is 15.0. The highest BCUT2D eigenvalue weighted by atomic mass is 32.2. The molecule has 0 unspecified atom stereocenters. The van der Waals surface area contributed by atoms with Crippen LogP contribution >= 0.6 is 0 Å². The molecule has 1 amide bonds. The number of esters is 1. The third kappa shape index (κ3) is 9.98. The van der Waals surface area contributed by atoms with Gasteiger partial charge in [0.2, 0.25) is 10.0 Å². The third-order valence-electron chi connectivity index (χ3n) is 5.43. The van der Waals surface area contributed by atoms with Crippen molar-refractivity contribution in [3.8, 4) is 5.75 Å². The zero-order valence-electron chi connectivity index (χ0n) is 20.5. The van der Waals surface area contributed by atoms with Gasteiger partial charge in [0.25, 0.3) is 0 Å². The van der Waals surface area contributed by atoms with E-state index in [0.717, 1.165) is 30.6 Å². The minimum atomic E-state index is -3.67. The van der Waals surface area contributed by atoms with Gasteiger partial charge in [-0.15, -0.1) is 0 Å². The highest BCUT2D eigenvalue weighted by Gasteiger charge is 2.22. The van der Waals surface area contributed by atoms with E-state index < -0.39 is 33.9 Å². The molecular formula is C23H35FN2O8S. The predicted octanol–water partition coefficient (Wildman–Crippen LogP) is 3.12. The van der Waals surface area contributed by atoms with Crippen LogP contribution in [0.3, 0.4) is 0 Å². The zero-order valence-corrected chi connectivity index (χ0v) is 21.3. The molecular weight excluding hydrogens is 483 g/mol. The van der Waals surface area contributed by atoms with Crippen LogP contribution in [-0.4, -0.2) is 70.8 Å². The van der Waals surface area contributed by atoms with E-state index in [1.54, 1.807) is 13.8 Å². The summed E-state index contributed by atoms with van der Waals surface area (Å²) < 4.78 is 62.3. The fraction of sp³-hybridized carbons (Fsp3) is 0.652. The lowest BCUT2D eigenvalue weighted by molar-refractivity contribution is -0.142. The molecule has 10 nitrogen and oxygen atoms in total. The number of nitrogens with one attached hydrogen (secondary N) is 1. The average molecular weight is 519 g/mol. The fourth-order valence-corrected chi connectivity index (χ4v) is 4.88. The summed E-state index contributed by atoms with van der Waals surface area (Å²) in [6.07, 6.45) is 3.27. The molecule has 1 fully saturated rings. The van der Waals surface area contributed by atoms with Gasteiger partial charge in [0.15, 0.2) is 11.6 Å². The van der Waals surface area contributed by atoms with E-state index in [-0.39, 0.29) is 50.5 Å². The van der Waals surface area contributed by atoms with Crippen molar-refractivity contribution in [2.75, 3.05) is 39.4 Å². The van der Waals surface area contributed by atoms with Gasteiger partial charge in [0, 0.05) is 12.6 Å². The monoisotopic (exact) mass is 518 g/mol. The van der Waals surface area contributed by atoms with Crippen molar-refractivity contribution in [1.29, 1.82) is 0 Å². The Labute approximate surface area is 206 Å². The lowest BCUT2D eigenvalue weighted by Gasteiger charge is -2.20. The Hall–Kier alpha value is -2.44. The molecule has 0 aliphatic heterocycles. The first-order valence-corrected chi connectivity index (χ1v) is 13.3. The Morgan fingerprint density at radius 1 is 1.26 bits per heavy atom. The number of rotatable bonds is 14. The number of hydrogen-bond donors (Lipinski definition) is 1. The van der Waals surface area contributed by atoms with Crippen LogP contribution in [-0.2, 0) is 29.0 Å². The first kappa shape index (κ1) is 28.8. The highest BCUT2D eigenvalue weighted by Crippen LogP contribution is 2.28. The van der Waals surface area contributed by atoms with Crippen LogP contribution in [0.5, 0.6) is 5.75 Å². The number of halogens is 1. The molecule has 0 spiro atoms. The van der Waals surface area contributed by atoms with Gasteiger partial charge < -0.3 is 18.9 Å². The summed E-state index contributed by atoms with van der Waals surface area (Å²) in [7, 11) is -2.47. The number of methoxy groups -OCH3 is 1. The molecule has 1 saturated carbocycles. The Morgan fingerprint density at radius 3 is 2.63 bits per heavy atom. The minimum Gasteiger partial charge on any atom is -0.487 e. The van der Waals surface area contributed by atoms with Gasteiger partial charge in [0.1, 0.15) is 13.3 Å².